The second-order valence-corrected chi connectivity index (χ2v) is 6.61. The molecule has 1 aromatic carbocycles. The lowest BCUT2D eigenvalue weighted by molar-refractivity contribution is 0.0277. The summed E-state index contributed by atoms with van der Waals surface area (Å²) in [4.78, 5) is 25.0. The van der Waals surface area contributed by atoms with E-state index in [1.165, 1.54) is 11.3 Å². The van der Waals surface area contributed by atoms with Crippen LogP contribution in [0.1, 0.15) is 22.2 Å². The van der Waals surface area contributed by atoms with Crippen LogP contribution in [0.2, 0.25) is 0 Å². The van der Waals surface area contributed by atoms with Gasteiger partial charge in [-0.1, -0.05) is 12.1 Å². The molecule has 2 N–H and O–H groups in total. The number of nitrogens with one attached hydrogen (secondary N) is 2. The van der Waals surface area contributed by atoms with Crippen LogP contribution in [-0.4, -0.2) is 40.6 Å². The van der Waals surface area contributed by atoms with Gasteiger partial charge in [0.1, 0.15) is 5.69 Å². The van der Waals surface area contributed by atoms with Gasteiger partial charge in [-0.05, 0) is 23.8 Å². The second kappa shape index (κ2) is 7.69. The van der Waals surface area contributed by atoms with Crippen LogP contribution in [0, 0.1) is 0 Å². The van der Waals surface area contributed by atoms with Gasteiger partial charge < -0.3 is 15.4 Å². The van der Waals surface area contributed by atoms with Crippen LogP contribution >= 0.6 is 11.3 Å². The van der Waals surface area contributed by atoms with Crippen LogP contribution in [0.25, 0.3) is 10.8 Å². The zero-order chi connectivity index (χ0) is 17.8. The Morgan fingerprint density at radius 3 is 2.77 bits per heavy atom. The maximum atomic E-state index is 12.4. The lowest BCUT2D eigenvalue weighted by atomic mass is 10.1. The molecule has 0 saturated carbocycles. The first-order valence-corrected chi connectivity index (χ1v) is 9.14. The van der Waals surface area contributed by atoms with E-state index in [0.29, 0.717) is 28.8 Å². The summed E-state index contributed by atoms with van der Waals surface area (Å²) < 4.78 is 5.73. The molecule has 1 aliphatic rings. The molecule has 7 nitrogen and oxygen atoms in total. The Labute approximate surface area is 154 Å². The molecule has 1 fully saturated rings. The van der Waals surface area contributed by atoms with Gasteiger partial charge in [-0.2, -0.15) is 0 Å². The Hall–Kier alpha value is -2.68. The maximum absolute atomic E-state index is 12.4. The van der Waals surface area contributed by atoms with Crippen LogP contribution in [-0.2, 0) is 4.74 Å². The Morgan fingerprint density at radius 2 is 2.04 bits per heavy atom. The lowest BCUT2D eigenvalue weighted by Gasteiger charge is -2.24. The molecule has 1 saturated heterocycles. The molecule has 0 bridgehead atoms. The van der Waals surface area contributed by atoms with E-state index in [4.69, 9.17) is 4.74 Å². The quantitative estimate of drug-likeness (QED) is 0.737. The number of hydrogen-bond acceptors (Lipinski definition) is 7. The minimum Gasteiger partial charge on any atom is -0.371 e. The zero-order valence-electron chi connectivity index (χ0n) is 13.9. The molecule has 3 heterocycles. The van der Waals surface area contributed by atoms with E-state index < -0.39 is 0 Å². The van der Waals surface area contributed by atoms with Gasteiger partial charge in [0.2, 0.25) is 0 Å². The highest BCUT2D eigenvalue weighted by molar-refractivity contribution is 7.13. The Kier molecular flexibility index (Phi) is 4.96. The number of aromatic nitrogens is 3. The van der Waals surface area contributed by atoms with Crippen LogP contribution in [0.15, 0.2) is 48.1 Å². The fourth-order valence-electron chi connectivity index (χ4n) is 2.65. The Bertz CT molecular complexity index is 876. The number of amides is 1. The third-order valence-electron chi connectivity index (χ3n) is 3.96. The highest BCUT2D eigenvalue weighted by atomic mass is 32.1. The van der Waals surface area contributed by atoms with E-state index in [2.05, 4.69) is 25.6 Å². The normalized spacial score (nSPS) is 17.0. The molecule has 26 heavy (non-hydrogen) atoms. The Morgan fingerprint density at radius 1 is 1.23 bits per heavy atom. The largest absolute Gasteiger partial charge is 0.371 e. The standard InChI is InChI=1S/C18H17N5O2S/c24-17(14-11-26-18(23-14)16-20-6-1-7-21-16)22-13-4-2-12(3-5-13)15-10-19-8-9-25-15/h1-7,11,15,19H,8-10H2,(H,22,24)/t15-/m0/s1. The number of nitrogens with zero attached hydrogens (tertiary/aromatic N) is 3. The molecule has 0 radical (unpaired) electrons. The highest BCUT2D eigenvalue weighted by Crippen LogP contribution is 2.22. The molecule has 1 aliphatic heterocycles. The van der Waals surface area contributed by atoms with Crippen molar-refractivity contribution in [2.45, 2.75) is 6.10 Å². The molecule has 0 unspecified atom stereocenters. The van der Waals surface area contributed by atoms with Crippen molar-refractivity contribution in [1.29, 1.82) is 0 Å². The number of rotatable bonds is 4. The molecule has 2 aromatic heterocycles. The fraction of sp³-hybridized carbons (Fsp3) is 0.222. The van der Waals surface area contributed by atoms with Gasteiger partial charge >= 0.3 is 0 Å². The second-order valence-electron chi connectivity index (χ2n) is 5.75. The van der Waals surface area contributed by atoms with Crippen molar-refractivity contribution in [3.05, 3.63) is 59.4 Å². The van der Waals surface area contributed by atoms with Gasteiger partial charge in [-0.25, -0.2) is 15.0 Å². The molecule has 3 aromatic rings. The van der Waals surface area contributed by atoms with Gasteiger partial charge in [0.15, 0.2) is 10.8 Å². The van der Waals surface area contributed by atoms with Crippen LogP contribution in [0.4, 0.5) is 5.69 Å². The van der Waals surface area contributed by atoms with Gasteiger partial charge in [0.05, 0.1) is 12.7 Å². The van der Waals surface area contributed by atoms with Crippen molar-refractivity contribution in [3.63, 3.8) is 0 Å². The molecule has 1 amide bonds. The van der Waals surface area contributed by atoms with E-state index in [1.807, 2.05) is 24.3 Å². The molecule has 8 heteroatoms. The first-order chi connectivity index (χ1) is 12.8. The minimum absolute atomic E-state index is 0.0560. The molecule has 1 atom stereocenters. The van der Waals surface area contributed by atoms with Crippen molar-refractivity contribution in [3.8, 4) is 10.8 Å². The lowest BCUT2D eigenvalue weighted by Crippen LogP contribution is -2.33. The summed E-state index contributed by atoms with van der Waals surface area (Å²) in [7, 11) is 0. The zero-order valence-corrected chi connectivity index (χ0v) is 14.7. The summed E-state index contributed by atoms with van der Waals surface area (Å²) in [6.45, 7) is 2.39. The number of benzene rings is 1. The van der Waals surface area contributed by atoms with Crippen LogP contribution in [0.5, 0.6) is 0 Å². The van der Waals surface area contributed by atoms with E-state index in [0.717, 1.165) is 18.7 Å². The predicted molar refractivity (Wildman–Crippen MR) is 99.1 cm³/mol. The van der Waals surface area contributed by atoms with E-state index in [-0.39, 0.29) is 12.0 Å². The van der Waals surface area contributed by atoms with Crippen LogP contribution in [0.3, 0.4) is 0 Å². The average molecular weight is 367 g/mol. The third-order valence-corrected chi connectivity index (χ3v) is 4.80. The molecule has 0 aliphatic carbocycles. The summed E-state index contributed by atoms with van der Waals surface area (Å²) in [5.41, 5.74) is 2.15. The van der Waals surface area contributed by atoms with Crippen molar-refractivity contribution >= 4 is 22.9 Å². The summed E-state index contributed by atoms with van der Waals surface area (Å²) >= 11 is 1.34. The SMILES string of the molecule is O=C(Nc1ccc([C@@H]2CNCCO2)cc1)c1csc(-c2ncccn2)n1. The maximum Gasteiger partial charge on any atom is 0.275 e. The number of morpholine rings is 1. The first kappa shape index (κ1) is 16.8. The van der Waals surface area contributed by atoms with Crippen LogP contribution < -0.4 is 10.6 Å². The average Bonchev–Trinajstić information content (AvgIpc) is 3.20. The monoisotopic (exact) mass is 367 g/mol. The number of carbonyl (C=O) groups is 1. The van der Waals surface area contributed by atoms with Gasteiger partial charge in [-0.15, -0.1) is 11.3 Å². The number of ether oxygens (including phenoxy) is 1. The van der Waals surface area contributed by atoms with Crippen molar-refractivity contribution in [2.24, 2.45) is 0 Å². The van der Waals surface area contributed by atoms with Crippen molar-refractivity contribution < 1.29 is 9.53 Å². The molecule has 4 rings (SSSR count). The predicted octanol–water partition coefficient (Wildman–Crippen LogP) is 2.51. The van der Waals surface area contributed by atoms with E-state index in [1.54, 1.807) is 23.8 Å². The molecular weight excluding hydrogens is 350 g/mol. The summed E-state index contributed by atoms with van der Waals surface area (Å²) in [6.07, 6.45) is 3.35. The van der Waals surface area contributed by atoms with Gasteiger partial charge in [0.25, 0.3) is 5.91 Å². The van der Waals surface area contributed by atoms with Crippen molar-refractivity contribution in [2.75, 3.05) is 25.0 Å². The third kappa shape index (κ3) is 3.77. The smallest absolute Gasteiger partial charge is 0.275 e. The number of carbonyl (C=O) groups excluding carboxylic acids is 1. The summed E-state index contributed by atoms with van der Waals surface area (Å²) in [5, 5.41) is 8.49. The highest BCUT2D eigenvalue weighted by Gasteiger charge is 2.16. The molecule has 0 spiro atoms. The van der Waals surface area contributed by atoms with Gasteiger partial charge in [0, 0.05) is 36.6 Å². The topological polar surface area (TPSA) is 89.0 Å². The minimum atomic E-state index is -0.258. The fourth-order valence-corrected chi connectivity index (χ4v) is 3.39. The molecule has 132 valence electrons. The number of thiazole rings is 1. The first-order valence-electron chi connectivity index (χ1n) is 8.26. The molecular formula is C18H17N5O2S. The van der Waals surface area contributed by atoms with E-state index in [9.17, 15) is 4.79 Å². The van der Waals surface area contributed by atoms with E-state index >= 15 is 0 Å². The number of hydrogen-bond donors (Lipinski definition) is 2. The van der Waals surface area contributed by atoms with Crippen molar-refractivity contribution in [1.82, 2.24) is 20.3 Å². The number of anilines is 1. The summed E-state index contributed by atoms with van der Waals surface area (Å²) in [6, 6.07) is 9.43. The Balaban J connectivity index is 1.42. The summed E-state index contributed by atoms with van der Waals surface area (Å²) in [5.74, 6) is 0.258. The van der Waals surface area contributed by atoms with Gasteiger partial charge in [-0.3, -0.25) is 4.79 Å².